The van der Waals surface area contributed by atoms with E-state index in [1.807, 2.05) is 0 Å². The lowest BCUT2D eigenvalue weighted by molar-refractivity contribution is 0.767. The highest BCUT2D eigenvalue weighted by atomic mass is 15.0. The van der Waals surface area contributed by atoms with Crippen LogP contribution in [0.2, 0.25) is 0 Å². The van der Waals surface area contributed by atoms with Crippen molar-refractivity contribution in [3.8, 4) is 67.0 Å². The van der Waals surface area contributed by atoms with Crippen molar-refractivity contribution < 1.29 is 0 Å². The number of hydrogen-bond donors (Lipinski definition) is 0. The molecular weight excluding hydrogens is 1070 g/mol. The zero-order valence-electron chi connectivity index (χ0n) is 48.8. The smallest absolute Gasteiger partial charge is 0.0714 e. The van der Waals surface area contributed by atoms with Gasteiger partial charge in [-0.15, -0.1) is 0 Å². The van der Waals surface area contributed by atoms with Crippen LogP contribution in [0.1, 0.15) is 55.6 Å². The van der Waals surface area contributed by atoms with Gasteiger partial charge < -0.3 is 9.13 Å². The number of fused-ring (bicyclic) bond motifs is 15. The van der Waals surface area contributed by atoms with E-state index < -0.39 is 10.8 Å². The number of hydrogen-bond acceptors (Lipinski definition) is 0. The van der Waals surface area contributed by atoms with Crippen molar-refractivity contribution >= 4 is 43.6 Å². The molecule has 3 aliphatic rings. The van der Waals surface area contributed by atoms with Crippen LogP contribution in [0.3, 0.4) is 0 Å². The lowest BCUT2D eigenvalue weighted by Crippen LogP contribution is -2.28. The van der Waals surface area contributed by atoms with Gasteiger partial charge in [0.25, 0.3) is 0 Å². The van der Waals surface area contributed by atoms with E-state index in [2.05, 4.69) is 337 Å². The minimum atomic E-state index is -0.487. The Hall–Kier alpha value is -11.3. The summed E-state index contributed by atoms with van der Waals surface area (Å²) >= 11 is 0. The first-order valence-corrected chi connectivity index (χ1v) is 31.2. The molecule has 19 rings (SSSR count). The molecule has 0 spiro atoms. The average Bonchev–Trinajstić information content (AvgIpc) is 1.58. The number of aromatic nitrogens is 2. The second kappa shape index (κ2) is 19.1. The molecule has 2 heteroatoms. The molecule has 89 heavy (non-hydrogen) atoms. The number of para-hydroxylation sites is 2. The van der Waals surface area contributed by atoms with Crippen molar-refractivity contribution in [2.45, 2.75) is 17.3 Å². The second-order valence-corrected chi connectivity index (χ2v) is 24.6. The maximum absolute atomic E-state index is 2.49. The van der Waals surface area contributed by atoms with Crippen molar-refractivity contribution in [2.24, 2.45) is 0 Å². The van der Waals surface area contributed by atoms with Gasteiger partial charge in [-0.1, -0.05) is 255 Å². The third-order valence-corrected chi connectivity index (χ3v) is 20.3. The molecule has 0 atom stereocenters. The molecule has 0 unspecified atom stereocenters. The molecule has 2 nitrogen and oxygen atoms in total. The molecule has 0 fully saturated rings. The highest BCUT2D eigenvalue weighted by molar-refractivity contribution is 6.12. The Kier molecular flexibility index (Phi) is 10.7. The van der Waals surface area contributed by atoms with E-state index in [1.54, 1.807) is 0 Å². The van der Waals surface area contributed by atoms with Crippen LogP contribution < -0.4 is 0 Å². The van der Waals surface area contributed by atoms with Gasteiger partial charge in [0, 0.05) is 32.9 Å². The Bertz CT molecular complexity index is 5140. The highest BCUT2D eigenvalue weighted by Crippen LogP contribution is 2.59. The van der Waals surface area contributed by atoms with E-state index in [1.165, 1.54) is 155 Å². The van der Waals surface area contributed by atoms with E-state index in [-0.39, 0.29) is 0 Å². The zero-order valence-corrected chi connectivity index (χ0v) is 48.8. The fraction of sp³-hybridized carbons (Fsp3) is 0.0345. The quantitative estimate of drug-likeness (QED) is 0.144. The van der Waals surface area contributed by atoms with E-state index >= 15 is 0 Å². The molecule has 16 aromatic rings. The van der Waals surface area contributed by atoms with Crippen LogP contribution in [0, 0.1) is 0 Å². The normalized spacial score (nSPS) is 13.8. The molecule has 2 aromatic heterocycles. The summed E-state index contributed by atoms with van der Waals surface area (Å²) in [4.78, 5) is 0. The molecule has 0 amide bonds. The summed E-state index contributed by atoms with van der Waals surface area (Å²) in [7, 11) is 0. The van der Waals surface area contributed by atoms with Gasteiger partial charge in [0.2, 0.25) is 0 Å². The van der Waals surface area contributed by atoms with E-state index in [4.69, 9.17) is 0 Å². The van der Waals surface area contributed by atoms with Crippen LogP contribution in [-0.4, -0.2) is 9.13 Å². The van der Waals surface area contributed by atoms with Gasteiger partial charge >= 0.3 is 0 Å². The van der Waals surface area contributed by atoms with Crippen molar-refractivity contribution in [2.75, 3.05) is 0 Å². The number of rotatable bonds is 8. The third-order valence-electron chi connectivity index (χ3n) is 20.3. The first kappa shape index (κ1) is 49.9. The third kappa shape index (κ3) is 7.03. The van der Waals surface area contributed by atoms with Gasteiger partial charge in [-0.2, -0.15) is 0 Å². The van der Waals surface area contributed by atoms with Gasteiger partial charge in [0.1, 0.15) is 0 Å². The second-order valence-electron chi connectivity index (χ2n) is 24.6. The van der Waals surface area contributed by atoms with Crippen LogP contribution in [0.25, 0.3) is 111 Å². The summed E-state index contributed by atoms with van der Waals surface area (Å²) in [6.07, 6.45) is 0.924. The Morgan fingerprint density at radius 2 is 0.539 bits per heavy atom. The molecule has 0 saturated heterocycles. The SMILES string of the molecule is c1ccc(C2(c3ccccc3)c3ccccc3-c3ccc(-n4c5ccccc5c5cc(-c6ccc7c(c6)-c6cc(-c8ccc9c(c8)c8ccccc8n9-c8ccc9c(c8)C(c8ccccc8)(c8ccccc8)c8ccccc8-9)ccc6C7)ccc54)cc32)cc1. The largest absolute Gasteiger partial charge is 0.309 e. The predicted molar refractivity (Wildman–Crippen MR) is 369 cm³/mol. The zero-order chi connectivity index (χ0) is 58.4. The van der Waals surface area contributed by atoms with Crippen LogP contribution in [0.5, 0.6) is 0 Å². The highest BCUT2D eigenvalue weighted by Gasteiger charge is 2.48. The van der Waals surface area contributed by atoms with Crippen LogP contribution in [0.15, 0.2) is 328 Å². The molecule has 14 aromatic carbocycles. The lowest BCUT2D eigenvalue weighted by Gasteiger charge is -2.34. The Balaban J connectivity index is 0.698. The number of benzene rings is 14. The average molecular weight is 1130 g/mol. The first-order chi connectivity index (χ1) is 44.1. The summed E-state index contributed by atoms with van der Waals surface area (Å²) in [5.41, 5.74) is 31.8. The minimum Gasteiger partial charge on any atom is -0.309 e. The Morgan fingerprint density at radius 1 is 0.213 bits per heavy atom. The summed E-state index contributed by atoms with van der Waals surface area (Å²) in [6, 6.07) is 123. The van der Waals surface area contributed by atoms with Crippen molar-refractivity contribution in [3.63, 3.8) is 0 Å². The summed E-state index contributed by atoms with van der Waals surface area (Å²) < 4.78 is 4.98. The fourth-order valence-electron chi connectivity index (χ4n) is 16.5. The van der Waals surface area contributed by atoms with E-state index in [0.29, 0.717) is 0 Å². The van der Waals surface area contributed by atoms with Crippen LogP contribution in [0.4, 0.5) is 0 Å². The van der Waals surface area contributed by atoms with Crippen LogP contribution >= 0.6 is 0 Å². The molecule has 0 radical (unpaired) electrons. The van der Waals surface area contributed by atoms with Crippen molar-refractivity contribution in [3.05, 3.63) is 383 Å². The van der Waals surface area contributed by atoms with Gasteiger partial charge in [-0.25, -0.2) is 0 Å². The van der Waals surface area contributed by atoms with Crippen molar-refractivity contribution in [1.29, 1.82) is 0 Å². The lowest BCUT2D eigenvalue weighted by atomic mass is 9.67. The van der Waals surface area contributed by atoms with Gasteiger partial charge in [-0.3, -0.25) is 0 Å². The summed E-state index contributed by atoms with van der Waals surface area (Å²) in [6.45, 7) is 0. The van der Waals surface area contributed by atoms with Crippen LogP contribution in [-0.2, 0) is 17.3 Å². The van der Waals surface area contributed by atoms with Gasteiger partial charge in [0.15, 0.2) is 0 Å². The molecule has 3 aliphatic carbocycles. The van der Waals surface area contributed by atoms with Crippen molar-refractivity contribution in [1.82, 2.24) is 9.13 Å². The van der Waals surface area contributed by atoms with Gasteiger partial charge in [0.05, 0.1) is 32.9 Å². The predicted octanol–water partition coefficient (Wildman–Crippen LogP) is 21.5. The van der Waals surface area contributed by atoms with Gasteiger partial charge in [-0.05, 0) is 190 Å². The monoisotopic (exact) mass is 1130 g/mol. The summed E-state index contributed by atoms with van der Waals surface area (Å²) in [5, 5.41) is 4.98. The topological polar surface area (TPSA) is 9.86 Å². The molecule has 0 saturated carbocycles. The first-order valence-electron chi connectivity index (χ1n) is 31.2. The molecular formula is C87H56N2. The Labute approximate surface area is 517 Å². The van der Waals surface area contributed by atoms with E-state index in [9.17, 15) is 0 Å². The summed E-state index contributed by atoms with van der Waals surface area (Å²) in [5.74, 6) is 0. The molecule has 0 aliphatic heterocycles. The Morgan fingerprint density at radius 3 is 0.955 bits per heavy atom. The maximum Gasteiger partial charge on any atom is 0.0714 e. The molecule has 414 valence electrons. The maximum atomic E-state index is 2.49. The van der Waals surface area contributed by atoms with E-state index in [0.717, 1.165) is 17.8 Å². The fourth-order valence-corrected chi connectivity index (χ4v) is 16.5. The molecule has 0 N–H and O–H groups in total. The molecule has 0 bridgehead atoms. The standard InChI is InChI=1S/C87H56N2/c1-5-21-62(22-6-1)86(63-23-7-2-8-24-63)78-33-17-13-29-68(78)70-45-43-66(54-80(70)86)88-82-35-19-15-31-72(82)76-52-58(41-47-84(76)88)56-37-39-60-49-61-40-38-57(51-75(61)74(60)50-56)59-42-48-85-77(53-59)73-32-16-20-36-83(73)89(85)67-44-46-71-69-30-14-18-34-79(69)87(81(71)55-67,64-25-9-3-10-26-64)65-27-11-4-12-28-65/h1-48,50-55H,49H2. The minimum absolute atomic E-state index is 0.487. The number of nitrogens with zero attached hydrogens (tertiary/aromatic N) is 2. The molecule has 2 heterocycles.